The fraction of sp³-hybridized carbons (Fsp3) is 1.00. The van der Waals surface area contributed by atoms with Gasteiger partial charge in [-0.1, -0.05) is 6.92 Å². The van der Waals surface area contributed by atoms with Crippen LogP contribution in [0.2, 0.25) is 0 Å². The number of nitrogens with two attached hydrogens (primary N) is 1. The van der Waals surface area contributed by atoms with Gasteiger partial charge in [-0.3, -0.25) is 0 Å². The highest BCUT2D eigenvalue weighted by Crippen LogP contribution is 2.08. The van der Waals surface area contributed by atoms with Crippen LogP contribution in [0.25, 0.3) is 0 Å². The van der Waals surface area contributed by atoms with E-state index in [1.54, 1.807) is 0 Å². The molecule has 2 atom stereocenters. The Hall–Kier alpha value is -0.120. The van der Waals surface area contributed by atoms with Gasteiger partial charge in [-0.05, 0) is 38.8 Å². The van der Waals surface area contributed by atoms with E-state index in [0.717, 1.165) is 19.7 Å². The molecule has 0 spiro atoms. The second-order valence-electron chi connectivity index (χ2n) is 4.47. The second-order valence-corrected chi connectivity index (χ2v) is 4.47. The normalized spacial score (nSPS) is 27.2. The van der Waals surface area contributed by atoms with Crippen LogP contribution in [0, 0.1) is 5.92 Å². The fourth-order valence-corrected chi connectivity index (χ4v) is 1.80. The molecule has 3 nitrogen and oxygen atoms in total. The Kier molecular flexibility index (Phi) is 5.45. The molecule has 14 heavy (non-hydrogen) atoms. The van der Waals surface area contributed by atoms with E-state index in [2.05, 4.69) is 18.7 Å². The van der Waals surface area contributed by atoms with Crippen molar-refractivity contribution in [1.29, 1.82) is 0 Å². The van der Waals surface area contributed by atoms with Crippen molar-refractivity contribution in [2.24, 2.45) is 11.7 Å². The summed E-state index contributed by atoms with van der Waals surface area (Å²) in [6.07, 6.45) is 2.77. The van der Waals surface area contributed by atoms with E-state index in [1.807, 2.05) is 0 Å². The molecule has 0 aliphatic carbocycles. The van der Waals surface area contributed by atoms with Crippen LogP contribution in [0.15, 0.2) is 0 Å². The summed E-state index contributed by atoms with van der Waals surface area (Å²) in [6, 6.07) is 0. The average Bonchev–Trinajstić information content (AvgIpc) is 2.39. The lowest BCUT2D eigenvalue weighted by atomic mass is 10.1. The van der Waals surface area contributed by atoms with Crippen molar-refractivity contribution in [2.45, 2.75) is 32.8 Å². The van der Waals surface area contributed by atoms with Crippen LogP contribution in [-0.4, -0.2) is 43.8 Å². The molecule has 1 fully saturated rings. The summed E-state index contributed by atoms with van der Waals surface area (Å²) >= 11 is 0. The Bertz CT molecular complexity index is 152. The van der Waals surface area contributed by atoms with Gasteiger partial charge in [0.25, 0.3) is 0 Å². The van der Waals surface area contributed by atoms with Crippen LogP contribution in [0.1, 0.15) is 26.7 Å². The van der Waals surface area contributed by atoms with E-state index >= 15 is 0 Å². The maximum atomic E-state index is 5.60. The van der Waals surface area contributed by atoms with Gasteiger partial charge in [0.15, 0.2) is 0 Å². The van der Waals surface area contributed by atoms with Crippen LogP contribution >= 0.6 is 0 Å². The Balaban J connectivity index is 2.21. The molecule has 0 bridgehead atoms. The van der Waals surface area contributed by atoms with E-state index in [1.165, 1.54) is 25.9 Å². The third-order valence-corrected chi connectivity index (χ3v) is 2.88. The number of hydrogen-bond acceptors (Lipinski definition) is 3. The minimum absolute atomic E-state index is 0.394. The summed E-state index contributed by atoms with van der Waals surface area (Å²) in [7, 11) is 0. The molecule has 0 saturated carbocycles. The van der Waals surface area contributed by atoms with Crippen LogP contribution in [-0.2, 0) is 4.74 Å². The highest BCUT2D eigenvalue weighted by Gasteiger charge is 2.14. The van der Waals surface area contributed by atoms with Gasteiger partial charge in [-0.15, -0.1) is 0 Å². The first kappa shape index (κ1) is 12.0. The molecule has 0 aromatic rings. The monoisotopic (exact) mass is 200 g/mol. The average molecular weight is 200 g/mol. The number of rotatable bonds is 4. The molecule has 1 saturated heterocycles. The van der Waals surface area contributed by atoms with Crippen molar-refractivity contribution >= 4 is 0 Å². The van der Waals surface area contributed by atoms with Crippen molar-refractivity contribution in [3.05, 3.63) is 0 Å². The van der Waals surface area contributed by atoms with Crippen molar-refractivity contribution in [1.82, 2.24) is 4.90 Å². The molecule has 3 heteroatoms. The Morgan fingerprint density at radius 3 is 3.07 bits per heavy atom. The molecule has 0 radical (unpaired) electrons. The predicted molar refractivity (Wildman–Crippen MR) is 59.3 cm³/mol. The topological polar surface area (TPSA) is 38.5 Å². The molecule has 2 N–H and O–H groups in total. The maximum Gasteiger partial charge on any atom is 0.0673 e. The van der Waals surface area contributed by atoms with Crippen LogP contribution in [0.4, 0.5) is 0 Å². The van der Waals surface area contributed by atoms with Gasteiger partial charge in [0.05, 0.1) is 6.10 Å². The molecule has 1 aliphatic heterocycles. The van der Waals surface area contributed by atoms with Crippen LogP contribution < -0.4 is 5.73 Å². The molecular formula is C11H24N2O. The molecule has 0 aromatic carbocycles. The molecule has 0 amide bonds. The van der Waals surface area contributed by atoms with E-state index in [9.17, 15) is 0 Å². The van der Waals surface area contributed by atoms with E-state index < -0.39 is 0 Å². The van der Waals surface area contributed by atoms with E-state index in [4.69, 9.17) is 10.5 Å². The zero-order valence-electron chi connectivity index (χ0n) is 9.54. The summed E-state index contributed by atoms with van der Waals surface area (Å²) in [5.74, 6) is 0.648. The Morgan fingerprint density at radius 1 is 1.57 bits per heavy atom. The minimum Gasteiger partial charge on any atom is -0.377 e. The van der Waals surface area contributed by atoms with Gasteiger partial charge in [-0.25, -0.2) is 0 Å². The van der Waals surface area contributed by atoms with Crippen molar-refractivity contribution in [2.75, 3.05) is 32.8 Å². The first-order valence-corrected chi connectivity index (χ1v) is 5.76. The Morgan fingerprint density at radius 2 is 2.36 bits per heavy atom. The largest absolute Gasteiger partial charge is 0.377 e. The molecular weight excluding hydrogens is 176 g/mol. The number of hydrogen-bond donors (Lipinski definition) is 1. The zero-order valence-corrected chi connectivity index (χ0v) is 9.54. The number of nitrogens with zero attached hydrogens (tertiary/aromatic N) is 1. The minimum atomic E-state index is 0.394. The smallest absolute Gasteiger partial charge is 0.0673 e. The van der Waals surface area contributed by atoms with Gasteiger partial charge < -0.3 is 15.4 Å². The van der Waals surface area contributed by atoms with Gasteiger partial charge in [0, 0.05) is 19.7 Å². The highest BCUT2D eigenvalue weighted by atomic mass is 16.5. The quantitative estimate of drug-likeness (QED) is 0.738. The molecule has 0 aromatic heterocycles. The summed E-state index contributed by atoms with van der Waals surface area (Å²) in [5, 5.41) is 0. The van der Waals surface area contributed by atoms with Gasteiger partial charge in [0.2, 0.25) is 0 Å². The lowest BCUT2D eigenvalue weighted by molar-refractivity contribution is 0.0671. The summed E-state index contributed by atoms with van der Waals surface area (Å²) in [5.41, 5.74) is 5.60. The first-order chi connectivity index (χ1) is 6.72. The zero-order chi connectivity index (χ0) is 10.4. The predicted octanol–water partition coefficient (Wildman–Crippen LogP) is 1.08. The van der Waals surface area contributed by atoms with Gasteiger partial charge in [-0.2, -0.15) is 0 Å². The van der Waals surface area contributed by atoms with Gasteiger partial charge in [0.1, 0.15) is 0 Å². The number of ether oxygens (including phenoxy) is 1. The SMILES string of the molecule is CC(CN)CCN1CCCOC(C)C1. The summed E-state index contributed by atoms with van der Waals surface area (Å²) in [4.78, 5) is 2.50. The van der Waals surface area contributed by atoms with Crippen LogP contribution in [0.3, 0.4) is 0 Å². The van der Waals surface area contributed by atoms with Crippen molar-refractivity contribution in [3.63, 3.8) is 0 Å². The maximum absolute atomic E-state index is 5.60. The van der Waals surface area contributed by atoms with Crippen molar-refractivity contribution < 1.29 is 4.74 Å². The standard InChI is InChI=1S/C11H24N2O/c1-10(8-12)4-6-13-5-3-7-14-11(2)9-13/h10-11H,3-9,12H2,1-2H3. The van der Waals surface area contributed by atoms with E-state index in [0.29, 0.717) is 12.0 Å². The van der Waals surface area contributed by atoms with Gasteiger partial charge >= 0.3 is 0 Å². The Labute approximate surface area is 87.6 Å². The molecule has 1 heterocycles. The second kappa shape index (κ2) is 6.38. The fourth-order valence-electron chi connectivity index (χ4n) is 1.80. The molecule has 1 rings (SSSR count). The van der Waals surface area contributed by atoms with E-state index in [-0.39, 0.29) is 0 Å². The lowest BCUT2D eigenvalue weighted by Gasteiger charge is -2.22. The molecule has 2 unspecified atom stereocenters. The molecule has 1 aliphatic rings. The summed E-state index contributed by atoms with van der Waals surface area (Å²) < 4.78 is 5.60. The van der Waals surface area contributed by atoms with Crippen molar-refractivity contribution in [3.8, 4) is 0 Å². The summed E-state index contributed by atoms with van der Waals surface area (Å²) in [6.45, 7) is 9.54. The van der Waals surface area contributed by atoms with Crippen LogP contribution in [0.5, 0.6) is 0 Å². The third-order valence-electron chi connectivity index (χ3n) is 2.88. The lowest BCUT2D eigenvalue weighted by Crippen LogP contribution is -2.32. The third kappa shape index (κ3) is 4.40. The highest BCUT2D eigenvalue weighted by molar-refractivity contribution is 4.68. The molecule has 84 valence electrons. The first-order valence-electron chi connectivity index (χ1n) is 5.76.